The summed E-state index contributed by atoms with van der Waals surface area (Å²) in [5.74, 6) is -1.14. The van der Waals surface area contributed by atoms with Gasteiger partial charge in [-0.1, -0.05) is 12.1 Å². The van der Waals surface area contributed by atoms with Crippen molar-refractivity contribution in [2.45, 2.75) is 16.6 Å². The largest absolute Gasteiger partial charge is 0.356 e. The Hall–Kier alpha value is -2.26. The number of para-hydroxylation sites is 1. The molecule has 2 aromatic rings. The highest BCUT2D eigenvalue weighted by Crippen LogP contribution is 2.36. The van der Waals surface area contributed by atoms with E-state index in [4.69, 9.17) is 0 Å². The molecule has 2 heterocycles. The number of carbonyl (C=O) groups is 3. The number of H-pyrrole nitrogens is 1. The predicted molar refractivity (Wildman–Crippen MR) is 93.4 cm³/mol. The van der Waals surface area contributed by atoms with Crippen molar-refractivity contribution in [1.29, 1.82) is 0 Å². The highest BCUT2D eigenvalue weighted by atomic mass is 79.9. The molecule has 1 aromatic heterocycles. The van der Waals surface area contributed by atoms with Crippen molar-refractivity contribution in [3.63, 3.8) is 0 Å². The first-order valence-corrected chi connectivity index (χ1v) is 8.70. The second-order valence-electron chi connectivity index (χ2n) is 5.03. The van der Waals surface area contributed by atoms with Gasteiger partial charge in [0.2, 0.25) is 11.8 Å². The average Bonchev–Trinajstić information content (AvgIpc) is 3.00. The fourth-order valence-corrected chi connectivity index (χ4v) is 3.59. The van der Waals surface area contributed by atoms with Gasteiger partial charge in [0.15, 0.2) is 0 Å². The van der Waals surface area contributed by atoms with Gasteiger partial charge in [0.05, 0.1) is 10.9 Å². The van der Waals surface area contributed by atoms with E-state index in [0.717, 1.165) is 15.1 Å². The predicted octanol–water partition coefficient (Wildman–Crippen LogP) is 2.04. The number of benzene rings is 1. The summed E-state index contributed by atoms with van der Waals surface area (Å²) in [4.78, 5) is 39.5. The fourth-order valence-electron chi connectivity index (χ4n) is 2.14. The summed E-state index contributed by atoms with van der Waals surface area (Å²) in [5, 5.41) is 2.23. The molecule has 1 aliphatic heterocycles. The lowest BCUT2D eigenvalue weighted by molar-refractivity contribution is -0.124. The Morgan fingerprint density at radius 2 is 2.04 bits per heavy atom. The lowest BCUT2D eigenvalue weighted by Crippen LogP contribution is -2.44. The van der Waals surface area contributed by atoms with Gasteiger partial charge in [-0.3, -0.25) is 25.2 Å². The molecule has 0 saturated heterocycles. The number of amides is 3. The number of aromatic amines is 1. The third kappa shape index (κ3) is 3.80. The minimum absolute atomic E-state index is 0.0421. The Balaban J connectivity index is 1.54. The number of carbonyl (C=O) groups excluding carboxylic acids is 3. The van der Waals surface area contributed by atoms with Gasteiger partial charge in [0.1, 0.15) is 5.69 Å². The monoisotopic (exact) mass is 408 g/mol. The van der Waals surface area contributed by atoms with Crippen molar-refractivity contribution < 1.29 is 14.4 Å². The smallest absolute Gasteiger partial charge is 0.286 e. The zero-order chi connectivity index (χ0) is 17.1. The van der Waals surface area contributed by atoms with Gasteiger partial charge in [0, 0.05) is 22.0 Å². The zero-order valence-electron chi connectivity index (χ0n) is 12.3. The Morgan fingerprint density at radius 3 is 2.79 bits per heavy atom. The van der Waals surface area contributed by atoms with Crippen LogP contribution >= 0.6 is 27.7 Å². The summed E-state index contributed by atoms with van der Waals surface area (Å²) >= 11 is 4.55. The zero-order valence-corrected chi connectivity index (χ0v) is 14.7. The SMILES string of the molecule is O=C(CC1Sc2ccccc2NC1=O)NNC(=O)c1cc(Br)c[nH]1. The third-order valence-corrected chi connectivity index (χ3v) is 5.02. The molecule has 0 aliphatic carbocycles. The number of anilines is 1. The van der Waals surface area contributed by atoms with E-state index in [-0.39, 0.29) is 12.3 Å². The molecule has 4 N–H and O–H groups in total. The van der Waals surface area contributed by atoms with Gasteiger partial charge in [-0.25, -0.2) is 0 Å². The van der Waals surface area contributed by atoms with Gasteiger partial charge in [-0.15, -0.1) is 11.8 Å². The van der Waals surface area contributed by atoms with Crippen molar-refractivity contribution in [3.05, 3.63) is 46.7 Å². The van der Waals surface area contributed by atoms with Crippen molar-refractivity contribution in [2.75, 3.05) is 5.32 Å². The number of hydrazine groups is 1. The normalized spacial score (nSPS) is 16.0. The van der Waals surface area contributed by atoms with Crippen LogP contribution in [0.15, 0.2) is 45.9 Å². The molecule has 0 spiro atoms. The number of thioether (sulfide) groups is 1. The number of halogens is 1. The van der Waals surface area contributed by atoms with Crippen LogP contribution in [0, 0.1) is 0 Å². The second kappa shape index (κ2) is 7.10. The van der Waals surface area contributed by atoms with E-state index in [1.54, 1.807) is 12.3 Å². The minimum atomic E-state index is -0.545. The van der Waals surface area contributed by atoms with Gasteiger partial charge >= 0.3 is 0 Å². The molecule has 0 bridgehead atoms. The maximum atomic E-state index is 12.0. The van der Waals surface area contributed by atoms with Crippen molar-refractivity contribution in [1.82, 2.24) is 15.8 Å². The van der Waals surface area contributed by atoms with E-state index in [9.17, 15) is 14.4 Å². The van der Waals surface area contributed by atoms with E-state index in [1.165, 1.54) is 11.8 Å². The van der Waals surface area contributed by atoms with Crippen LogP contribution in [0.5, 0.6) is 0 Å². The molecule has 3 amide bonds. The molecular weight excluding hydrogens is 396 g/mol. The summed E-state index contributed by atoms with van der Waals surface area (Å²) < 4.78 is 0.730. The summed E-state index contributed by atoms with van der Waals surface area (Å²) in [6, 6.07) is 8.99. The van der Waals surface area contributed by atoms with Gasteiger partial charge in [-0.05, 0) is 34.1 Å². The summed E-state index contributed by atoms with van der Waals surface area (Å²) in [7, 11) is 0. The topological polar surface area (TPSA) is 103 Å². The van der Waals surface area contributed by atoms with Crippen LogP contribution in [0.1, 0.15) is 16.9 Å². The van der Waals surface area contributed by atoms with Crippen molar-refractivity contribution in [2.24, 2.45) is 0 Å². The van der Waals surface area contributed by atoms with Crippen LogP contribution in [0.4, 0.5) is 5.69 Å². The quantitative estimate of drug-likeness (QED) is 0.583. The minimum Gasteiger partial charge on any atom is -0.356 e. The van der Waals surface area contributed by atoms with Gasteiger partial charge in [-0.2, -0.15) is 0 Å². The Bertz CT molecular complexity index is 808. The van der Waals surface area contributed by atoms with E-state index in [0.29, 0.717) is 5.69 Å². The molecule has 3 rings (SSSR count). The molecule has 1 atom stereocenters. The average molecular weight is 409 g/mol. The van der Waals surface area contributed by atoms with E-state index in [1.807, 2.05) is 24.3 Å². The maximum Gasteiger partial charge on any atom is 0.286 e. The maximum absolute atomic E-state index is 12.0. The van der Waals surface area contributed by atoms with Crippen molar-refractivity contribution in [3.8, 4) is 0 Å². The molecule has 0 saturated carbocycles. The summed E-state index contributed by atoms with van der Waals surface area (Å²) in [6.07, 6.45) is 1.57. The Morgan fingerprint density at radius 1 is 1.25 bits per heavy atom. The number of aromatic nitrogens is 1. The van der Waals surface area contributed by atoms with Crippen LogP contribution in [0.3, 0.4) is 0 Å². The lowest BCUT2D eigenvalue weighted by Gasteiger charge is -2.23. The highest BCUT2D eigenvalue weighted by molar-refractivity contribution is 9.10. The summed E-state index contributed by atoms with van der Waals surface area (Å²) in [5.41, 5.74) is 5.67. The molecular formula is C15H13BrN4O3S. The second-order valence-corrected chi connectivity index (χ2v) is 7.19. The lowest BCUT2D eigenvalue weighted by atomic mass is 10.2. The highest BCUT2D eigenvalue weighted by Gasteiger charge is 2.28. The number of fused-ring (bicyclic) bond motifs is 1. The Labute approximate surface area is 150 Å². The van der Waals surface area contributed by atoms with E-state index >= 15 is 0 Å². The standard InChI is InChI=1S/C15H13BrN4O3S/c16-8-5-10(17-7-8)14(22)20-19-13(21)6-12-15(23)18-9-3-1-2-4-11(9)24-12/h1-5,7,12,17H,6H2,(H,18,23)(H,19,21)(H,20,22). The first-order valence-electron chi connectivity index (χ1n) is 7.02. The molecule has 9 heteroatoms. The van der Waals surface area contributed by atoms with Crippen LogP contribution in [0.2, 0.25) is 0 Å². The van der Waals surface area contributed by atoms with Crippen LogP contribution in [-0.2, 0) is 9.59 Å². The van der Waals surface area contributed by atoms with Gasteiger partial charge < -0.3 is 10.3 Å². The van der Waals surface area contributed by atoms with Gasteiger partial charge in [0.25, 0.3) is 5.91 Å². The fraction of sp³-hybridized carbons (Fsp3) is 0.133. The summed E-state index contributed by atoms with van der Waals surface area (Å²) in [6.45, 7) is 0. The van der Waals surface area contributed by atoms with E-state index in [2.05, 4.69) is 37.1 Å². The third-order valence-electron chi connectivity index (χ3n) is 3.29. The van der Waals surface area contributed by atoms with Crippen LogP contribution < -0.4 is 16.2 Å². The van der Waals surface area contributed by atoms with Crippen molar-refractivity contribution >= 4 is 51.1 Å². The Kier molecular flexibility index (Phi) is 4.91. The first-order chi connectivity index (χ1) is 11.5. The number of hydrogen-bond donors (Lipinski definition) is 4. The number of rotatable bonds is 3. The molecule has 124 valence electrons. The molecule has 24 heavy (non-hydrogen) atoms. The number of nitrogens with one attached hydrogen (secondary N) is 4. The molecule has 0 radical (unpaired) electrons. The molecule has 0 fully saturated rings. The van der Waals surface area contributed by atoms with Crippen LogP contribution in [-0.4, -0.2) is 28.0 Å². The molecule has 1 aliphatic rings. The number of hydrogen-bond acceptors (Lipinski definition) is 4. The molecule has 7 nitrogen and oxygen atoms in total. The molecule has 1 unspecified atom stereocenters. The van der Waals surface area contributed by atoms with Crippen LogP contribution in [0.25, 0.3) is 0 Å². The first kappa shape index (κ1) is 16.6. The van der Waals surface area contributed by atoms with E-state index < -0.39 is 17.1 Å². The molecule has 1 aromatic carbocycles.